The Morgan fingerprint density at radius 3 is 2.39 bits per heavy atom. The van der Waals surface area contributed by atoms with E-state index in [4.69, 9.17) is 0 Å². The second kappa shape index (κ2) is 4.76. The molecule has 1 fully saturated rings. The van der Waals surface area contributed by atoms with Crippen LogP contribution in [-0.2, 0) is 0 Å². The molecule has 0 radical (unpaired) electrons. The van der Waals surface area contributed by atoms with Gasteiger partial charge >= 0.3 is 0 Å². The van der Waals surface area contributed by atoms with Gasteiger partial charge < -0.3 is 0 Å². The van der Waals surface area contributed by atoms with Gasteiger partial charge in [-0.3, -0.25) is 0 Å². The quantitative estimate of drug-likeness (QED) is 0.594. The molecule has 0 nitrogen and oxygen atoms in total. The lowest BCUT2D eigenvalue weighted by Gasteiger charge is -2.38. The third-order valence-corrected chi connectivity index (χ3v) is 4.66. The van der Waals surface area contributed by atoms with E-state index in [1.165, 1.54) is 42.4 Å². The van der Waals surface area contributed by atoms with Gasteiger partial charge in [0.2, 0.25) is 0 Å². The molecular formula is C18H22. The highest BCUT2D eigenvalue weighted by atomic mass is 14.4. The van der Waals surface area contributed by atoms with E-state index in [1.807, 2.05) is 0 Å². The largest absolute Gasteiger partial charge is 0.0992 e. The molecule has 1 aromatic carbocycles. The summed E-state index contributed by atoms with van der Waals surface area (Å²) in [5, 5.41) is 0. The van der Waals surface area contributed by atoms with Crippen molar-refractivity contribution < 1.29 is 0 Å². The Bertz CT molecular complexity index is 475. The van der Waals surface area contributed by atoms with E-state index in [1.54, 1.807) is 5.57 Å². The average molecular weight is 238 g/mol. The number of hydrogen-bond acceptors (Lipinski definition) is 0. The summed E-state index contributed by atoms with van der Waals surface area (Å²) in [6.07, 6.45) is 9.00. The highest BCUT2D eigenvalue weighted by Gasteiger charge is 2.32. The number of fused-ring (bicyclic) bond motifs is 1. The van der Waals surface area contributed by atoms with Crippen molar-refractivity contribution in [3.8, 4) is 0 Å². The molecule has 94 valence electrons. The molecule has 0 heterocycles. The Labute approximate surface area is 110 Å². The fourth-order valence-electron chi connectivity index (χ4n) is 3.61. The molecule has 2 aliphatic carbocycles. The van der Waals surface area contributed by atoms with Crippen LogP contribution < -0.4 is 0 Å². The van der Waals surface area contributed by atoms with Crippen molar-refractivity contribution in [2.75, 3.05) is 0 Å². The van der Waals surface area contributed by atoms with E-state index < -0.39 is 0 Å². The number of benzene rings is 1. The van der Waals surface area contributed by atoms with Gasteiger partial charge in [0.25, 0.3) is 0 Å². The van der Waals surface area contributed by atoms with Crippen LogP contribution in [0.5, 0.6) is 0 Å². The van der Waals surface area contributed by atoms with Crippen LogP contribution in [0.4, 0.5) is 0 Å². The van der Waals surface area contributed by atoms with E-state index in [0.29, 0.717) is 0 Å². The van der Waals surface area contributed by atoms with Gasteiger partial charge in [-0.25, -0.2) is 0 Å². The first kappa shape index (κ1) is 11.8. The summed E-state index contributed by atoms with van der Waals surface area (Å²) in [6, 6.07) is 9.05. The molecule has 1 aromatic rings. The van der Waals surface area contributed by atoms with Crippen molar-refractivity contribution >= 4 is 5.57 Å². The molecule has 0 N–H and O–H groups in total. The first-order chi connectivity index (χ1) is 8.75. The lowest BCUT2D eigenvalue weighted by Crippen LogP contribution is -2.25. The van der Waals surface area contributed by atoms with Crippen LogP contribution in [0.2, 0.25) is 0 Å². The van der Waals surface area contributed by atoms with Crippen molar-refractivity contribution in [3.63, 3.8) is 0 Å². The van der Waals surface area contributed by atoms with Crippen molar-refractivity contribution in [3.05, 3.63) is 53.6 Å². The van der Waals surface area contributed by atoms with Crippen LogP contribution in [0.1, 0.15) is 43.2 Å². The molecule has 1 saturated carbocycles. The van der Waals surface area contributed by atoms with Gasteiger partial charge in [0.1, 0.15) is 0 Å². The minimum atomic E-state index is 0.739. The maximum atomic E-state index is 4.30. The smallest absolute Gasteiger partial charge is 0.00934 e. The predicted molar refractivity (Wildman–Crippen MR) is 78.4 cm³/mol. The number of hydrogen-bond donors (Lipinski definition) is 0. The third-order valence-electron chi connectivity index (χ3n) is 4.66. The Kier molecular flexibility index (Phi) is 3.11. The maximum Gasteiger partial charge on any atom is -0.00934 e. The van der Waals surface area contributed by atoms with E-state index in [9.17, 15) is 0 Å². The highest BCUT2D eigenvalue weighted by Crippen LogP contribution is 2.46. The van der Waals surface area contributed by atoms with Gasteiger partial charge in [0.15, 0.2) is 0 Å². The number of rotatable bonds is 1. The molecule has 2 atom stereocenters. The van der Waals surface area contributed by atoms with Crippen LogP contribution in [0.3, 0.4) is 0 Å². The number of aryl methyl sites for hydroxylation is 1. The van der Waals surface area contributed by atoms with Gasteiger partial charge in [0, 0.05) is 0 Å². The molecule has 3 rings (SSSR count). The molecule has 0 bridgehead atoms. The van der Waals surface area contributed by atoms with Gasteiger partial charge in [0.05, 0.1) is 0 Å². The van der Waals surface area contributed by atoms with Crippen molar-refractivity contribution in [1.29, 1.82) is 0 Å². The van der Waals surface area contributed by atoms with E-state index in [0.717, 1.165) is 18.3 Å². The topological polar surface area (TPSA) is 0 Å². The van der Waals surface area contributed by atoms with Crippen LogP contribution in [0, 0.1) is 18.8 Å². The summed E-state index contributed by atoms with van der Waals surface area (Å²) < 4.78 is 0. The van der Waals surface area contributed by atoms with Crippen LogP contribution in [0.25, 0.3) is 5.57 Å². The minimum Gasteiger partial charge on any atom is -0.0992 e. The number of allylic oxidation sites excluding steroid dienone is 3. The predicted octanol–water partition coefficient (Wildman–Crippen LogP) is 5.14. The van der Waals surface area contributed by atoms with E-state index >= 15 is 0 Å². The van der Waals surface area contributed by atoms with Gasteiger partial charge in [-0.2, -0.15) is 0 Å². The van der Waals surface area contributed by atoms with Crippen LogP contribution >= 0.6 is 0 Å². The monoisotopic (exact) mass is 238 g/mol. The molecule has 0 heteroatoms. The molecular weight excluding hydrogens is 216 g/mol. The Balaban J connectivity index is 1.95. The Morgan fingerprint density at radius 2 is 1.67 bits per heavy atom. The van der Waals surface area contributed by atoms with E-state index in [-0.39, 0.29) is 0 Å². The molecule has 0 saturated heterocycles. The second-order valence-electron chi connectivity index (χ2n) is 5.89. The zero-order valence-electron chi connectivity index (χ0n) is 11.3. The zero-order valence-corrected chi connectivity index (χ0v) is 11.3. The highest BCUT2D eigenvalue weighted by molar-refractivity contribution is 5.70. The van der Waals surface area contributed by atoms with Crippen molar-refractivity contribution in [2.45, 2.75) is 39.0 Å². The summed E-state index contributed by atoms with van der Waals surface area (Å²) in [4.78, 5) is 0. The lowest BCUT2D eigenvalue weighted by molar-refractivity contribution is 0.323. The van der Waals surface area contributed by atoms with Crippen molar-refractivity contribution in [1.82, 2.24) is 0 Å². The standard InChI is InChI=1S/C18H22/c1-13-7-10-15(11-8-13)17-12-9-14(2)16-5-3-4-6-18(16)17/h7-8,10-12,16,18H,2-6,9H2,1H3. The molecule has 0 aliphatic heterocycles. The average Bonchev–Trinajstić information content (AvgIpc) is 2.41. The summed E-state index contributed by atoms with van der Waals surface area (Å²) >= 11 is 0. The molecule has 0 aromatic heterocycles. The van der Waals surface area contributed by atoms with Crippen LogP contribution in [-0.4, -0.2) is 0 Å². The molecule has 0 spiro atoms. The molecule has 2 aliphatic rings. The lowest BCUT2D eigenvalue weighted by atomic mass is 9.67. The minimum absolute atomic E-state index is 0.739. The van der Waals surface area contributed by atoms with Crippen molar-refractivity contribution in [2.24, 2.45) is 11.8 Å². The van der Waals surface area contributed by atoms with Crippen LogP contribution in [0.15, 0.2) is 42.5 Å². The maximum absolute atomic E-state index is 4.30. The summed E-state index contributed by atoms with van der Waals surface area (Å²) in [6.45, 7) is 6.45. The second-order valence-corrected chi connectivity index (χ2v) is 5.89. The first-order valence-corrected chi connectivity index (χ1v) is 7.20. The van der Waals surface area contributed by atoms with Gasteiger partial charge in [-0.05, 0) is 49.2 Å². The normalized spacial score (nSPS) is 27.6. The molecule has 18 heavy (non-hydrogen) atoms. The zero-order chi connectivity index (χ0) is 12.5. The Morgan fingerprint density at radius 1 is 1.00 bits per heavy atom. The van der Waals surface area contributed by atoms with Gasteiger partial charge in [-0.1, -0.05) is 60.9 Å². The fraction of sp³-hybridized carbons (Fsp3) is 0.444. The first-order valence-electron chi connectivity index (χ1n) is 7.20. The molecule has 0 amide bonds. The summed E-state index contributed by atoms with van der Waals surface area (Å²) in [5.41, 5.74) is 5.84. The van der Waals surface area contributed by atoms with Gasteiger partial charge in [-0.15, -0.1) is 0 Å². The summed E-state index contributed by atoms with van der Waals surface area (Å²) in [5.74, 6) is 1.49. The SMILES string of the molecule is C=C1CC=C(c2ccc(C)cc2)C2CCCCC12. The fourth-order valence-corrected chi connectivity index (χ4v) is 3.61. The summed E-state index contributed by atoms with van der Waals surface area (Å²) in [7, 11) is 0. The molecule has 2 unspecified atom stereocenters. The van der Waals surface area contributed by atoms with E-state index in [2.05, 4.69) is 43.8 Å². The Hall–Kier alpha value is -1.30. The third kappa shape index (κ3) is 2.05.